The van der Waals surface area contributed by atoms with E-state index in [0.717, 1.165) is 16.7 Å². The monoisotopic (exact) mass is 355 g/mol. The first kappa shape index (κ1) is 19.5. The average molecular weight is 355 g/mol. The normalized spacial score (nSPS) is 10.2. The highest BCUT2D eigenvalue weighted by Gasteiger charge is 2.05. The molecule has 0 aliphatic rings. The Bertz CT molecular complexity index is 644. The fourth-order valence-corrected chi connectivity index (χ4v) is 2.27. The summed E-state index contributed by atoms with van der Waals surface area (Å²) in [6, 6.07) is 15.3. The lowest BCUT2D eigenvalue weighted by molar-refractivity contribution is -0.143. The highest BCUT2D eigenvalue weighted by Crippen LogP contribution is 2.09. The van der Waals surface area contributed by atoms with Crippen LogP contribution < -0.4 is 5.32 Å². The first-order chi connectivity index (χ1) is 12.5. The standard InChI is InChI=1S/C21H25NO4/c1-16-5-9-18(10-6-16)15-20(23)25-13-3-4-14-26-21(24)22-19-11-7-17(2)8-12-19/h5-12H,3-4,13-15H2,1-2H3,(H,22,24). The third-order valence-electron chi connectivity index (χ3n) is 3.80. The van der Waals surface area contributed by atoms with Crippen LogP contribution in [-0.2, 0) is 20.7 Å². The lowest BCUT2D eigenvalue weighted by Crippen LogP contribution is -2.15. The molecule has 0 atom stereocenters. The molecule has 26 heavy (non-hydrogen) atoms. The number of hydrogen-bond donors (Lipinski definition) is 1. The van der Waals surface area contributed by atoms with Crippen LogP contribution in [0.1, 0.15) is 29.5 Å². The van der Waals surface area contributed by atoms with Crippen LogP contribution in [0.3, 0.4) is 0 Å². The molecule has 138 valence electrons. The van der Waals surface area contributed by atoms with Gasteiger partial charge in [-0.15, -0.1) is 0 Å². The van der Waals surface area contributed by atoms with Crippen molar-refractivity contribution in [3.63, 3.8) is 0 Å². The zero-order chi connectivity index (χ0) is 18.8. The molecule has 0 unspecified atom stereocenters. The second-order valence-corrected chi connectivity index (χ2v) is 6.22. The molecule has 0 radical (unpaired) electrons. The molecule has 0 bridgehead atoms. The Morgan fingerprint density at radius 3 is 1.96 bits per heavy atom. The number of benzene rings is 2. The molecule has 0 aromatic heterocycles. The smallest absolute Gasteiger partial charge is 0.411 e. The van der Waals surface area contributed by atoms with Crippen molar-refractivity contribution in [3.8, 4) is 0 Å². The average Bonchev–Trinajstić information content (AvgIpc) is 2.62. The molecule has 2 rings (SSSR count). The van der Waals surface area contributed by atoms with Gasteiger partial charge >= 0.3 is 12.1 Å². The lowest BCUT2D eigenvalue weighted by Gasteiger charge is -2.08. The van der Waals surface area contributed by atoms with Crippen LogP contribution in [0.15, 0.2) is 48.5 Å². The molecular weight excluding hydrogens is 330 g/mol. The maximum absolute atomic E-state index is 11.7. The van der Waals surface area contributed by atoms with Crippen LogP contribution in [-0.4, -0.2) is 25.3 Å². The summed E-state index contributed by atoms with van der Waals surface area (Å²) >= 11 is 0. The molecule has 2 aromatic carbocycles. The molecule has 5 nitrogen and oxygen atoms in total. The molecule has 0 saturated carbocycles. The predicted molar refractivity (Wildman–Crippen MR) is 101 cm³/mol. The van der Waals surface area contributed by atoms with Crippen molar-refractivity contribution < 1.29 is 19.1 Å². The summed E-state index contributed by atoms with van der Waals surface area (Å²) in [5.41, 5.74) is 3.93. The number of ether oxygens (including phenoxy) is 2. The predicted octanol–water partition coefficient (Wildman–Crippen LogP) is 4.42. The topological polar surface area (TPSA) is 64.6 Å². The second kappa shape index (κ2) is 10.2. The minimum absolute atomic E-state index is 0.244. The fourth-order valence-electron chi connectivity index (χ4n) is 2.27. The van der Waals surface area contributed by atoms with Gasteiger partial charge in [0.15, 0.2) is 0 Å². The molecule has 2 aromatic rings. The number of carbonyl (C=O) groups excluding carboxylic acids is 2. The number of anilines is 1. The highest BCUT2D eigenvalue weighted by molar-refractivity contribution is 5.84. The van der Waals surface area contributed by atoms with Gasteiger partial charge in [-0.1, -0.05) is 47.5 Å². The Kier molecular flexibility index (Phi) is 7.68. The number of carbonyl (C=O) groups is 2. The summed E-state index contributed by atoms with van der Waals surface area (Å²) in [6.07, 6.45) is 1.08. The number of aryl methyl sites for hydroxylation is 2. The quantitative estimate of drug-likeness (QED) is 0.562. The number of rotatable bonds is 8. The van der Waals surface area contributed by atoms with Crippen molar-refractivity contribution >= 4 is 17.7 Å². The molecule has 0 aliphatic heterocycles. The van der Waals surface area contributed by atoms with Crippen LogP contribution in [0.2, 0.25) is 0 Å². The molecule has 0 aliphatic carbocycles. The summed E-state index contributed by atoms with van der Waals surface area (Å²) in [6.45, 7) is 4.60. The Hall–Kier alpha value is -2.82. The molecule has 0 spiro atoms. The number of esters is 1. The largest absolute Gasteiger partial charge is 0.465 e. The van der Waals surface area contributed by atoms with Gasteiger partial charge in [0.1, 0.15) is 0 Å². The minimum Gasteiger partial charge on any atom is -0.465 e. The molecule has 1 amide bonds. The number of nitrogens with one attached hydrogen (secondary N) is 1. The van der Waals surface area contributed by atoms with Crippen molar-refractivity contribution in [2.45, 2.75) is 33.1 Å². The van der Waals surface area contributed by atoms with Gasteiger partial charge in [0.05, 0.1) is 19.6 Å². The maximum Gasteiger partial charge on any atom is 0.411 e. The molecular formula is C21H25NO4. The van der Waals surface area contributed by atoms with Gasteiger partial charge in [0, 0.05) is 5.69 Å². The first-order valence-electron chi connectivity index (χ1n) is 8.74. The summed E-state index contributed by atoms with van der Waals surface area (Å²) in [4.78, 5) is 23.4. The summed E-state index contributed by atoms with van der Waals surface area (Å²) < 4.78 is 10.3. The van der Waals surface area contributed by atoms with Gasteiger partial charge in [-0.05, 0) is 44.4 Å². The van der Waals surface area contributed by atoms with E-state index < -0.39 is 6.09 Å². The number of amides is 1. The van der Waals surface area contributed by atoms with E-state index in [4.69, 9.17) is 9.47 Å². The molecule has 5 heteroatoms. The van der Waals surface area contributed by atoms with E-state index in [2.05, 4.69) is 5.32 Å². The Balaban J connectivity index is 1.53. The summed E-state index contributed by atoms with van der Waals surface area (Å²) in [5, 5.41) is 2.66. The lowest BCUT2D eigenvalue weighted by atomic mass is 10.1. The Morgan fingerprint density at radius 1 is 0.808 bits per heavy atom. The van der Waals surface area contributed by atoms with E-state index in [1.54, 1.807) is 0 Å². The van der Waals surface area contributed by atoms with Crippen molar-refractivity contribution in [2.75, 3.05) is 18.5 Å². The molecule has 0 saturated heterocycles. The fraction of sp³-hybridized carbons (Fsp3) is 0.333. The van der Waals surface area contributed by atoms with Gasteiger partial charge in [0.25, 0.3) is 0 Å². The van der Waals surface area contributed by atoms with Crippen LogP contribution in [0.5, 0.6) is 0 Å². The van der Waals surface area contributed by atoms with Crippen LogP contribution in [0.25, 0.3) is 0 Å². The SMILES string of the molecule is Cc1ccc(CC(=O)OCCCCOC(=O)Nc2ccc(C)cc2)cc1. The zero-order valence-corrected chi connectivity index (χ0v) is 15.3. The van der Waals surface area contributed by atoms with Crippen molar-refractivity contribution in [1.82, 2.24) is 0 Å². The van der Waals surface area contributed by atoms with Gasteiger partial charge in [-0.2, -0.15) is 0 Å². The van der Waals surface area contributed by atoms with Gasteiger partial charge in [-0.3, -0.25) is 10.1 Å². The third kappa shape index (κ3) is 7.38. The number of unbranched alkanes of at least 4 members (excludes halogenated alkanes) is 1. The van der Waals surface area contributed by atoms with E-state index in [9.17, 15) is 9.59 Å². The first-order valence-corrected chi connectivity index (χ1v) is 8.74. The summed E-state index contributed by atoms with van der Waals surface area (Å²) in [7, 11) is 0. The van der Waals surface area contributed by atoms with Gasteiger partial charge < -0.3 is 9.47 Å². The second-order valence-electron chi connectivity index (χ2n) is 6.22. The minimum atomic E-state index is -0.481. The Morgan fingerprint density at radius 2 is 1.35 bits per heavy atom. The van der Waals surface area contributed by atoms with Crippen LogP contribution in [0, 0.1) is 13.8 Å². The number of hydrogen-bond acceptors (Lipinski definition) is 4. The van der Waals surface area contributed by atoms with Crippen molar-refractivity contribution in [2.24, 2.45) is 0 Å². The molecule has 0 heterocycles. The highest BCUT2D eigenvalue weighted by atomic mass is 16.5. The van der Waals surface area contributed by atoms with E-state index >= 15 is 0 Å². The van der Waals surface area contributed by atoms with E-state index in [0.29, 0.717) is 25.1 Å². The van der Waals surface area contributed by atoms with Crippen LogP contribution >= 0.6 is 0 Å². The van der Waals surface area contributed by atoms with Gasteiger partial charge in [0.2, 0.25) is 0 Å². The van der Waals surface area contributed by atoms with Crippen LogP contribution in [0.4, 0.5) is 10.5 Å². The zero-order valence-electron chi connectivity index (χ0n) is 15.3. The van der Waals surface area contributed by atoms with E-state index in [1.165, 1.54) is 0 Å². The van der Waals surface area contributed by atoms with Gasteiger partial charge in [-0.25, -0.2) is 4.79 Å². The van der Waals surface area contributed by atoms with E-state index in [1.807, 2.05) is 62.4 Å². The summed E-state index contributed by atoms with van der Waals surface area (Å²) in [5.74, 6) is -0.244. The van der Waals surface area contributed by atoms with E-state index in [-0.39, 0.29) is 19.0 Å². The molecule has 0 fully saturated rings. The molecule has 1 N–H and O–H groups in total. The van der Waals surface area contributed by atoms with Crippen molar-refractivity contribution in [3.05, 3.63) is 65.2 Å². The maximum atomic E-state index is 11.7. The Labute approximate surface area is 154 Å². The third-order valence-corrected chi connectivity index (χ3v) is 3.80. The van der Waals surface area contributed by atoms with Crippen molar-refractivity contribution in [1.29, 1.82) is 0 Å².